The molecule has 0 fully saturated rings. The summed E-state index contributed by atoms with van der Waals surface area (Å²) in [6, 6.07) is 10.5. The van der Waals surface area contributed by atoms with Gasteiger partial charge in [-0.1, -0.05) is 30.3 Å². The highest BCUT2D eigenvalue weighted by Crippen LogP contribution is 2.31. The first-order chi connectivity index (χ1) is 9.85. The fourth-order valence-electron chi connectivity index (χ4n) is 2.02. The molecule has 0 aliphatic heterocycles. The maximum atomic E-state index is 4.84. The molecule has 0 radical (unpaired) electrons. The Morgan fingerprint density at radius 1 is 1.14 bits per heavy atom. The molecule has 3 nitrogen and oxygen atoms in total. The van der Waals surface area contributed by atoms with Gasteiger partial charge in [-0.05, 0) is 40.4 Å². The smallest absolute Gasteiger partial charge is 0.108 e. The van der Waals surface area contributed by atoms with Gasteiger partial charge in [0.1, 0.15) is 5.01 Å². The number of nitrogens with zero attached hydrogens (tertiary/aromatic N) is 2. The third-order valence-electron chi connectivity index (χ3n) is 3.02. The molecule has 21 heavy (non-hydrogen) atoms. The van der Waals surface area contributed by atoms with Crippen molar-refractivity contribution in [1.82, 2.24) is 15.2 Å². The summed E-state index contributed by atoms with van der Waals surface area (Å²) < 4.78 is 0. The number of rotatable bonds is 5. The Morgan fingerprint density at radius 2 is 1.81 bits per heavy atom. The maximum absolute atomic E-state index is 4.84. The zero-order valence-corrected chi connectivity index (χ0v) is 14.4. The second-order valence-corrected chi connectivity index (χ2v) is 7.67. The molecule has 0 spiro atoms. The van der Waals surface area contributed by atoms with E-state index in [1.165, 1.54) is 15.4 Å². The molecule has 1 aromatic heterocycles. The molecule has 0 atom stereocenters. The number of nitrogens with one attached hydrogen (secondary N) is 1. The zero-order chi connectivity index (χ0) is 15.5. The molecule has 0 aliphatic carbocycles. The molecular formula is C17H25N3S. The van der Waals surface area contributed by atoms with Crippen LogP contribution in [0.2, 0.25) is 0 Å². The van der Waals surface area contributed by atoms with Gasteiger partial charge in [0.05, 0.1) is 10.6 Å². The van der Waals surface area contributed by atoms with Crippen LogP contribution in [0.25, 0.3) is 10.4 Å². The van der Waals surface area contributed by atoms with Crippen LogP contribution >= 0.6 is 11.3 Å². The van der Waals surface area contributed by atoms with E-state index in [0.717, 1.165) is 18.8 Å². The second kappa shape index (κ2) is 6.69. The SMILES string of the molecule is CN(C)Cc1nc(CNC(C)(C)C)c(-c2ccccc2)s1. The van der Waals surface area contributed by atoms with E-state index < -0.39 is 0 Å². The lowest BCUT2D eigenvalue weighted by atomic mass is 10.1. The van der Waals surface area contributed by atoms with E-state index in [0.29, 0.717) is 0 Å². The van der Waals surface area contributed by atoms with Crippen LogP contribution in [0.4, 0.5) is 0 Å². The highest BCUT2D eigenvalue weighted by molar-refractivity contribution is 7.15. The molecule has 1 N–H and O–H groups in total. The molecule has 4 heteroatoms. The average molecular weight is 303 g/mol. The van der Waals surface area contributed by atoms with Crippen molar-refractivity contribution >= 4 is 11.3 Å². The van der Waals surface area contributed by atoms with Crippen LogP contribution in [-0.2, 0) is 13.1 Å². The van der Waals surface area contributed by atoms with Crippen molar-refractivity contribution < 1.29 is 0 Å². The summed E-state index contributed by atoms with van der Waals surface area (Å²) in [6.07, 6.45) is 0. The lowest BCUT2D eigenvalue weighted by Gasteiger charge is -2.20. The van der Waals surface area contributed by atoms with Gasteiger partial charge in [-0.25, -0.2) is 4.98 Å². The summed E-state index contributed by atoms with van der Waals surface area (Å²) in [7, 11) is 4.16. The highest BCUT2D eigenvalue weighted by atomic mass is 32.1. The molecule has 0 saturated heterocycles. The highest BCUT2D eigenvalue weighted by Gasteiger charge is 2.16. The number of benzene rings is 1. The van der Waals surface area contributed by atoms with E-state index in [4.69, 9.17) is 4.98 Å². The van der Waals surface area contributed by atoms with Crippen molar-refractivity contribution in [3.63, 3.8) is 0 Å². The molecule has 1 heterocycles. The summed E-state index contributed by atoms with van der Waals surface area (Å²) in [5.41, 5.74) is 2.50. The first kappa shape index (κ1) is 16.1. The number of aromatic nitrogens is 1. The fourth-order valence-corrected chi connectivity index (χ4v) is 3.23. The number of hydrogen-bond donors (Lipinski definition) is 1. The van der Waals surface area contributed by atoms with Crippen LogP contribution < -0.4 is 5.32 Å². The van der Waals surface area contributed by atoms with E-state index in [-0.39, 0.29) is 5.54 Å². The summed E-state index contributed by atoms with van der Waals surface area (Å²) >= 11 is 1.80. The monoisotopic (exact) mass is 303 g/mol. The Bertz CT molecular complexity index is 567. The van der Waals surface area contributed by atoms with Gasteiger partial charge < -0.3 is 10.2 Å². The van der Waals surface area contributed by atoms with Gasteiger partial charge in [-0.15, -0.1) is 11.3 Å². The van der Waals surface area contributed by atoms with Crippen LogP contribution in [0.5, 0.6) is 0 Å². The third kappa shape index (κ3) is 4.92. The van der Waals surface area contributed by atoms with Gasteiger partial charge in [0.25, 0.3) is 0 Å². The van der Waals surface area contributed by atoms with Gasteiger partial charge in [0.2, 0.25) is 0 Å². The van der Waals surface area contributed by atoms with Crippen LogP contribution in [0.15, 0.2) is 30.3 Å². The minimum Gasteiger partial charge on any atom is -0.306 e. The Morgan fingerprint density at radius 3 is 2.38 bits per heavy atom. The normalized spacial score (nSPS) is 12.1. The van der Waals surface area contributed by atoms with Crippen molar-refractivity contribution in [2.24, 2.45) is 0 Å². The zero-order valence-electron chi connectivity index (χ0n) is 13.6. The van der Waals surface area contributed by atoms with Gasteiger partial charge in [0, 0.05) is 18.6 Å². The molecule has 114 valence electrons. The van der Waals surface area contributed by atoms with Crippen LogP contribution in [0, 0.1) is 0 Å². The summed E-state index contributed by atoms with van der Waals surface area (Å²) in [6.45, 7) is 8.24. The van der Waals surface area contributed by atoms with Gasteiger partial charge in [0.15, 0.2) is 0 Å². The van der Waals surface area contributed by atoms with Crippen molar-refractivity contribution in [3.8, 4) is 10.4 Å². The number of hydrogen-bond acceptors (Lipinski definition) is 4. The van der Waals surface area contributed by atoms with Gasteiger partial charge in [-0.3, -0.25) is 0 Å². The predicted octanol–water partition coefficient (Wildman–Crippen LogP) is 3.76. The lowest BCUT2D eigenvalue weighted by Crippen LogP contribution is -2.35. The minimum atomic E-state index is 0.0965. The van der Waals surface area contributed by atoms with Gasteiger partial charge in [-0.2, -0.15) is 0 Å². The molecule has 2 rings (SSSR count). The van der Waals surface area contributed by atoms with Crippen LogP contribution in [0.3, 0.4) is 0 Å². The van der Waals surface area contributed by atoms with E-state index in [1.807, 2.05) is 0 Å². The van der Waals surface area contributed by atoms with Crippen LogP contribution in [-0.4, -0.2) is 29.5 Å². The molecule has 0 aliphatic rings. The topological polar surface area (TPSA) is 28.2 Å². The molecule has 0 saturated carbocycles. The Hall–Kier alpha value is -1.23. The minimum absolute atomic E-state index is 0.0965. The van der Waals surface area contributed by atoms with E-state index in [1.54, 1.807) is 11.3 Å². The average Bonchev–Trinajstić information content (AvgIpc) is 2.79. The first-order valence-electron chi connectivity index (χ1n) is 7.29. The summed E-state index contributed by atoms with van der Waals surface area (Å²) in [5.74, 6) is 0. The molecule has 0 bridgehead atoms. The molecule has 0 amide bonds. The Labute approximate surface area is 132 Å². The van der Waals surface area contributed by atoms with Crippen molar-refractivity contribution in [3.05, 3.63) is 41.0 Å². The Kier molecular flexibility index (Phi) is 5.14. The summed E-state index contributed by atoms with van der Waals surface area (Å²) in [4.78, 5) is 8.29. The quantitative estimate of drug-likeness (QED) is 0.911. The first-order valence-corrected chi connectivity index (χ1v) is 8.10. The van der Waals surface area contributed by atoms with E-state index in [9.17, 15) is 0 Å². The largest absolute Gasteiger partial charge is 0.306 e. The maximum Gasteiger partial charge on any atom is 0.108 e. The Balaban J connectivity index is 2.30. The summed E-state index contributed by atoms with van der Waals surface area (Å²) in [5, 5.41) is 4.72. The lowest BCUT2D eigenvalue weighted by molar-refractivity contribution is 0.399. The van der Waals surface area contributed by atoms with Crippen LogP contribution in [0.1, 0.15) is 31.5 Å². The standard InChI is InChI=1S/C17H25N3S/c1-17(2,3)18-11-14-16(13-9-7-6-8-10-13)21-15(19-14)12-20(4)5/h6-10,18H,11-12H2,1-5H3. The van der Waals surface area contributed by atoms with E-state index in [2.05, 4.69) is 75.4 Å². The van der Waals surface area contributed by atoms with E-state index >= 15 is 0 Å². The molecule has 0 unspecified atom stereocenters. The number of thiazole rings is 1. The third-order valence-corrected chi connectivity index (χ3v) is 4.15. The van der Waals surface area contributed by atoms with Gasteiger partial charge >= 0.3 is 0 Å². The molecular weight excluding hydrogens is 278 g/mol. The van der Waals surface area contributed by atoms with Crippen molar-refractivity contribution in [2.75, 3.05) is 14.1 Å². The molecule has 1 aromatic carbocycles. The van der Waals surface area contributed by atoms with Crippen molar-refractivity contribution in [2.45, 2.75) is 39.4 Å². The fraction of sp³-hybridized carbons (Fsp3) is 0.471. The second-order valence-electron chi connectivity index (χ2n) is 6.59. The predicted molar refractivity (Wildman–Crippen MR) is 91.5 cm³/mol. The van der Waals surface area contributed by atoms with Crippen molar-refractivity contribution in [1.29, 1.82) is 0 Å². The molecule has 2 aromatic rings.